The second kappa shape index (κ2) is 7.22. The first-order valence-corrected chi connectivity index (χ1v) is 6.56. The van der Waals surface area contributed by atoms with Crippen LogP contribution < -0.4 is 5.32 Å². The number of amides is 2. The summed E-state index contributed by atoms with van der Waals surface area (Å²) in [5.41, 5.74) is 0. The van der Waals surface area contributed by atoms with Crippen molar-refractivity contribution in [1.82, 2.24) is 25.4 Å². The number of aromatic nitrogens is 3. The quantitative estimate of drug-likeness (QED) is 0.710. The van der Waals surface area contributed by atoms with Gasteiger partial charge >= 0.3 is 0 Å². The molecule has 2 N–H and O–H groups in total. The monoisotopic (exact) mass is 291 g/mol. The van der Waals surface area contributed by atoms with Crippen LogP contribution in [0.15, 0.2) is 29.1 Å². The first kappa shape index (κ1) is 14.8. The Balaban J connectivity index is 1.65. The van der Waals surface area contributed by atoms with E-state index in [2.05, 4.69) is 20.5 Å². The molecule has 112 valence electrons. The Morgan fingerprint density at radius 3 is 3.00 bits per heavy atom. The lowest BCUT2D eigenvalue weighted by molar-refractivity contribution is -0.121. The molecule has 21 heavy (non-hydrogen) atoms. The fourth-order valence-electron chi connectivity index (χ4n) is 1.77. The van der Waals surface area contributed by atoms with Crippen molar-refractivity contribution in [3.63, 3.8) is 0 Å². The van der Waals surface area contributed by atoms with Gasteiger partial charge in [-0.3, -0.25) is 14.7 Å². The number of H-pyrrole nitrogens is 1. The van der Waals surface area contributed by atoms with Crippen LogP contribution in [-0.2, 0) is 11.2 Å². The lowest BCUT2D eigenvalue weighted by atomic mass is 10.3. The highest BCUT2D eigenvalue weighted by Gasteiger charge is 2.16. The average Bonchev–Trinajstić information content (AvgIpc) is 3.15. The zero-order valence-corrected chi connectivity index (χ0v) is 11.7. The third-order valence-corrected chi connectivity index (χ3v) is 2.84. The van der Waals surface area contributed by atoms with Gasteiger partial charge in [-0.2, -0.15) is 5.10 Å². The molecule has 0 unspecified atom stereocenters. The van der Waals surface area contributed by atoms with E-state index in [1.165, 1.54) is 17.5 Å². The number of carbonyl (C=O) groups is 2. The van der Waals surface area contributed by atoms with Gasteiger partial charge in [-0.05, 0) is 18.6 Å². The number of aryl methyl sites for hydroxylation is 1. The van der Waals surface area contributed by atoms with E-state index in [4.69, 9.17) is 4.42 Å². The van der Waals surface area contributed by atoms with Gasteiger partial charge in [0.05, 0.1) is 12.8 Å². The number of hydrogen-bond acceptors (Lipinski definition) is 5. The summed E-state index contributed by atoms with van der Waals surface area (Å²) < 4.78 is 5.00. The summed E-state index contributed by atoms with van der Waals surface area (Å²) in [6.07, 6.45) is 4.33. The molecule has 0 radical (unpaired) electrons. The van der Waals surface area contributed by atoms with Crippen molar-refractivity contribution in [2.24, 2.45) is 0 Å². The predicted octanol–water partition coefficient (Wildman–Crippen LogP) is 0.219. The number of nitrogens with zero attached hydrogens (tertiary/aromatic N) is 3. The maximum Gasteiger partial charge on any atom is 0.289 e. The number of hydrogen-bond donors (Lipinski definition) is 2. The molecular weight excluding hydrogens is 274 g/mol. The fraction of sp³-hybridized carbons (Fsp3) is 0.385. The van der Waals surface area contributed by atoms with E-state index in [9.17, 15) is 9.59 Å². The summed E-state index contributed by atoms with van der Waals surface area (Å²) in [5, 5.41) is 9.24. The largest absolute Gasteiger partial charge is 0.459 e. The molecule has 0 aliphatic heterocycles. The second-order valence-electron chi connectivity index (χ2n) is 4.52. The molecule has 2 aromatic heterocycles. The van der Waals surface area contributed by atoms with Gasteiger partial charge in [0.15, 0.2) is 5.76 Å². The van der Waals surface area contributed by atoms with E-state index in [1.54, 1.807) is 19.2 Å². The molecule has 0 saturated carbocycles. The van der Waals surface area contributed by atoms with Crippen LogP contribution in [0, 0.1) is 0 Å². The topological polar surface area (TPSA) is 104 Å². The number of likely N-dealkylation sites (N-methyl/N-ethyl adjacent to an activating group) is 1. The van der Waals surface area contributed by atoms with Crippen LogP contribution in [0.3, 0.4) is 0 Å². The van der Waals surface area contributed by atoms with E-state index < -0.39 is 0 Å². The summed E-state index contributed by atoms with van der Waals surface area (Å²) in [6, 6.07) is 3.19. The van der Waals surface area contributed by atoms with Crippen molar-refractivity contribution in [3.05, 3.63) is 36.3 Å². The van der Waals surface area contributed by atoms with Gasteiger partial charge in [0.1, 0.15) is 12.2 Å². The lowest BCUT2D eigenvalue weighted by Crippen LogP contribution is -2.38. The van der Waals surface area contributed by atoms with Crippen LogP contribution in [0.25, 0.3) is 0 Å². The smallest absolute Gasteiger partial charge is 0.289 e. The molecule has 8 heteroatoms. The van der Waals surface area contributed by atoms with Gasteiger partial charge < -0.3 is 14.6 Å². The van der Waals surface area contributed by atoms with Gasteiger partial charge in [0, 0.05) is 20.0 Å². The van der Waals surface area contributed by atoms with Gasteiger partial charge in [-0.15, -0.1) is 0 Å². The normalized spacial score (nSPS) is 10.3. The molecular formula is C13H17N5O3. The number of nitrogens with one attached hydrogen (secondary N) is 2. The van der Waals surface area contributed by atoms with Crippen molar-refractivity contribution < 1.29 is 14.0 Å². The number of furan rings is 1. The molecule has 0 aliphatic rings. The highest BCUT2D eigenvalue weighted by molar-refractivity contribution is 5.94. The summed E-state index contributed by atoms with van der Waals surface area (Å²) in [4.78, 5) is 28.9. The van der Waals surface area contributed by atoms with Crippen molar-refractivity contribution >= 4 is 11.8 Å². The van der Waals surface area contributed by atoms with Crippen LogP contribution in [0.1, 0.15) is 22.8 Å². The van der Waals surface area contributed by atoms with Crippen molar-refractivity contribution in [1.29, 1.82) is 0 Å². The van der Waals surface area contributed by atoms with Crippen LogP contribution in [-0.4, -0.2) is 52.0 Å². The summed E-state index contributed by atoms with van der Waals surface area (Å²) in [7, 11) is 1.55. The van der Waals surface area contributed by atoms with Crippen molar-refractivity contribution in [3.8, 4) is 0 Å². The average molecular weight is 291 g/mol. The first-order valence-electron chi connectivity index (χ1n) is 6.56. The summed E-state index contributed by atoms with van der Waals surface area (Å²) in [5.74, 6) is 0.469. The number of aromatic amines is 1. The summed E-state index contributed by atoms with van der Waals surface area (Å²) >= 11 is 0. The molecule has 0 spiro atoms. The Kier molecular flexibility index (Phi) is 5.08. The lowest BCUT2D eigenvalue weighted by Gasteiger charge is -2.15. The molecule has 0 bridgehead atoms. The van der Waals surface area contributed by atoms with Gasteiger partial charge in [0.25, 0.3) is 5.91 Å². The van der Waals surface area contributed by atoms with Crippen LogP contribution in [0.5, 0.6) is 0 Å². The standard InChI is InChI=1S/C13H17N5O3/c1-18(13(20)10-4-3-7-21-10)8-12(19)14-6-2-5-11-15-9-16-17-11/h3-4,7,9H,2,5-6,8H2,1H3,(H,14,19)(H,15,16,17). The van der Waals surface area contributed by atoms with E-state index in [-0.39, 0.29) is 24.1 Å². The van der Waals surface area contributed by atoms with E-state index in [0.29, 0.717) is 13.0 Å². The summed E-state index contributed by atoms with van der Waals surface area (Å²) in [6.45, 7) is 0.504. The maximum absolute atomic E-state index is 11.9. The van der Waals surface area contributed by atoms with Crippen LogP contribution in [0.4, 0.5) is 0 Å². The number of rotatable bonds is 7. The fourth-order valence-corrected chi connectivity index (χ4v) is 1.77. The maximum atomic E-state index is 11.9. The second-order valence-corrected chi connectivity index (χ2v) is 4.52. The zero-order valence-electron chi connectivity index (χ0n) is 11.7. The SMILES string of the molecule is CN(CC(=O)NCCCc1ncn[nH]1)C(=O)c1ccco1. The molecule has 0 saturated heterocycles. The van der Waals surface area contributed by atoms with E-state index >= 15 is 0 Å². The van der Waals surface area contributed by atoms with Gasteiger partial charge in [0.2, 0.25) is 5.91 Å². The molecule has 2 heterocycles. The molecule has 0 aliphatic carbocycles. The minimum Gasteiger partial charge on any atom is -0.459 e. The first-order chi connectivity index (χ1) is 10.2. The zero-order chi connectivity index (χ0) is 15.1. The van der Waals surface area contributed by atoms with Crippen LogP contribution in [0.2, 0.25) is 0 Å². The Morgan fingerprint density at radius 1 is 1.48 bits per heavy atom. The minimum absolute atomic E-state index is 0.0121. The molecule has 0 atom stereocenters. The van der Waals surface area contributed by atoms with E-state index in [1.807, 2.05) is 0 Å². The molecule has 8 nitrogen and oxygen atoms in total. The van der Waals surface area contributed by atoms with Crippen molar-refractivity contribution in [2.75, 3.05) is 20.1 Å². The Bertz CT molecular complexity index is 565. The molecule has 2 rings (SSSR count). The highest BCUT2D eigenvalue weighted by atomic mass is 16.3. The molecule has 2 aromatic rings. The van der Waals surface area contributed by atoms with Gasteiger partial charge in [-0.1, -0.05) is 0 Å². The van der Waals surface area contributed by atoms with Crippen LogP contribution >= 0.6 is 0 Å². The van der Waals surface area contributed by atoms with E-state index in [0.717, 1.165) is 12.2 Å². The Labute approximate surface area is 121 Å². The third-order valence-electron chi connectivity index (χ3n) is 2.84. The molecule has 2 amide bonds. The highest BCUT2D eigenvalue weighted by Crippen LogP contribution is 2.03. The number of carbonyl (C=O) groups excluding carboxylic acids is 2. The third kappa shape index (κ3) is 4.44. The predicted molar refractivity (Wildman–Crippen MR) is 73.4 cm³/mol. The molecule has 0 aromatic carbocycles. The Morgan fingerprint density at radius 2 is 2.33 bits per heavy atom. The minimum atomic E-state index is -0.322. The molecule has 0 fully saturated rings. The van der Waals surface area contributed by atoms with Gasteiger partial charge in [-0.25, -0.2) is 4.98 Å². The van der Waals surface area contributed by atoms with Crippen molar-refractivity contribution in [2.45, 2.75) is 12.8 Å². The Hall–Kier alpha value is -2.64.